The van der Waals surface area contributed by atoms with Crippen LogP contribution in [0.4, 0.5) is 10.5 Å². The van der Waals surface area contributed by atoms with Crippen LogP contribution in [-0.4, -0.2) is 29.3 Å². The standard InChI is InChI=1S/C26H30N2O6/c1-5-18(22-23(30)19-11-6-7-12-20(19)33-24(22)31)16-9-8-10-17(15-16)28(21(29)13-14-27)25(32)34-26(2,3)4/h6-12,15,18,30H,5,13-14,27H2,1-4H3. The number of para-hydroxylation sites is 1. The first kappa shape index (κ1) is 25.0. The number of benzene rings is 2. The number of hydrogen-bond acceptors (Lipinski definition) is 7. The highest BCUT2D eigenvalue weighted by molar-refractivity contribution is 6.12. The molecule has 0 saturated carbocycles. The van der Waals surface area contributed by atoms with Crippen LogP contribution in [0.1, 0.15) is 57.6 Å². The number of carbonyl (C=O) groups is 2. The first-order valence-corrected chi connectivity index (χ1v) is 11.2. The second-order valence-electron chi connectivity index (χ2n) is 8.95. The van der Waals surface area contributed by atoms with Crippen molar-refractivity contribution in [3.8, 4) is 5.75 Å². The number of nitrogens with zero attached hydrogens (tertiary/aromatic N) is 1. The van der Waals surface area contributed by atoms with Crippen molar-refractivity contribution in [3.05, 3.63) is 70.1 Å². The summed E-state index contributed by atoms with van der Waals surface area (Å²) < 4.78 is 10.9. The lowest BCUT2D eigenvalue weighted by molar-refractivity contribution is -0.118. The Balaban J connectivity index is 2.10. The van der Waals surface area contributed by atoms with E-state index in [0.717, 1.165) is 4.90 Å². The van der Waals surface area contributed by atoms with Crippen LogP contribution in [0.3, 0.4) is 0 Å². The van der Waals surface area contributed by atoms with Crippen molar-refractivity contribution >= 4 is 28.7 Å². The number of aromatic hydroxyl groups is 1. The highest BCUT2D eigenvalue weighted by atomic mass is 16.6. The minimum atomic E-state index is -0.816. The van der Waals surface area contributed by atoms with Gasteiger partial charge in [0.05, 0.1) is 16.6 Å². The molecule has 0 bridgehead atoms. The Morgan fingerprint density at radius 1 is 1.15 bits per heavy atom. The molecule has 0 aliphatic carbocycles. The lowest BCUT2D eigenvalue weighted by Crippen LogP contribution is -2.41. The predicted molar refractivity (Wildman–Crippen MR) is 130 cm³/mol. The molecule has 1 atom stereocenters. The predicted octanol–water partition coefficient (Wildman–Crippen LogP) is 4.66. The molecule has 180 valence electrons. The maximum absolute atomic E-state index is 12.9. The van der Waals surface area contributed by atoms with Crippen LogP contribution in [0, 0.1) is 0 Å². The van der Waals surface area contributed by atoms with Gasteiger partial charge in [0.25, 0.3) is 0 Å². The monoisotopic (exact) mass is 466 g/mol. The van der Waals surface area contributed by atoms with Gasteiger partial charge in [-0.2, -0.15) is 0 Å². The molecule has 3 N–H and O–H groups in total. The molecular weight excluding hydrogens is 436 g/mol. The maximum atomic E-state index is 12.9. The second-order valence-corrected chi connectivity index (χ2v) is 8.95. The summed E-state index contributed by atoms with van der Waals surface area (Å²) in [6.07, 6.45) is -0.400. The van der Waals surface area contributed by atoms with E-state index >= 15 is 0 Å². The van der Waals surface area contributed by atoms with Gasteiger partial charge in [-0.05, 0) is 57.0 Å². The molecule has 2 amide bonds. The number of carbonyl (C=O) groups excluding carboxylic acids is 2. The van der Waals surface area contributed by atoms with Crippen LogP contribution in [0.25, 0.3) is 11.0 Å². The van der Waals surface area contributed by atoms with Crippen molar-refractivity contribution in [1.29, 1.82) is 0 Å². The summed E-state index contributed by atoms with van der Waals surface area (Å²) >= 11 is 0. The van der Waals surface area contributed by atoms with E-state index < -0.39 is 29.1 Å². The molecule has 0 radical (unpaired) electrons. The molecule has 1 unspecified atom stereocenters. The average molecular weight is 467 g/mol. The average Bonchev–Trinajstić information content (AvgIpc) is 2.76. The van der Waals surface area contributed by atoms with E-state index in [1.807, 2.05) is 6.92 Å². The maximum Gasteiger partial charge on any atom is 0.421 e. The van der Waals surface area contributed by atoms with Crippen LogP contribution in [-0.2, 0) is 9.53 Å². The van der Waals surface area contributed by atoms with E-state index in [2.05, 4.69) is 0 Å². The summed E-state index contributed by atoms with van der Waals surface area (Å²) in [5.41, 5.74) is 5.43. The summed E-state index contributed by atoms with van der Waals surface area (Å²) in [7, 11) is 0. The van der Waals surface area contributed by atoms with Crippen molar-refractivity contribution in [2.45, 2.75) is 52.1 Å². The van der Waals surface area contributed by atoms with Gasteiger partial charge in [-0.3, -0.25) is 4.79 Å². The molecule has 0 saturated heterocycles. The van der Waals surface area contributed by atoms with E-state index in [-0.39, 0.29) is 30.0 Å². The van der Waals surface area contributed by atoms with Crippen molar-refractivity contribution in [1.82, 2.24) is 0 Å². The van der Waals surface area contributed by atoms with Gasteiger partial charge >= 0.3 is 11.7 Å². The van der Waals surface area contributed by atoms with Gasteiger partial charge < -0.3 is 20.0 Å². The fraction of sp³-hybridized carbons (Fsp3) is 0.346. The Hall–Kier alpha value is -3.65. The molecule has 0 fully saturated rings. The first-order chi connectivity index (χ1) is 16.1. The van der Waals surface area contributed by atoms with Crippen molar-refractivity contribution < 1.29 is 23.8 Å². The van der Waals surface area contributed by atoms with Gasteiger partial charge in [0.1, 0.15) is 16.9 Å². The molecule has 3 rings (SSSR count). The third kappa shape index (κ3) is 5.28. The Morgan fingerprint density at radius 2 is 1.85 bits per heavy atom. The number of rotatable bonds is 6. The second kappa shape index (κ2) is 10.1. The number of imide groups is 1. The summed E-state index contributed by atoms with van der Waals surface area (Å²) in [6, 6.07) is 13.5. The Morgan fingerprint density at radius 3 is 2.50 bits per heavy atom. The summed E-state index contributed by atoms with van der Waals surface area (Å²) in [5, 5.41) is 11.4. The summed E-state index contributed by atoms with van der Waals surface area (Å²) in [6.45, 7) is 7.07. The van der Waals surface area contributed by atoms with E-state index in [4.69, 9.17) is 14.9 Å². The summed E-state index contributed by atoms with van der Waals surface area (Å²) in [4.78, 5) is 39.5. The SMILES string of the molecule is CCC(c1cccc(N(C(=O)CCN)C(=O)OC(C)(C)C)c1)c1c(O)c2ccccc2oc1=O. The quantitative estimate of drug-likeness (QED) is 0.507. The van der Waals surface area contributed by atoms with Crippen LogP contribution in [0.15, 0.2) is 57.7 Å². The van der Waals surface area contributed by atoms with Crippen molar-refractivity contribution in [3.63, 3.8) is 0 Å². The Kier molecular flexibility index (Phi) is 7.41. The van der Waals surface area contributed by atoms with Gasteiger partial charge in [-0.1, -0.05) is 31.2 Å². The van der Waals surface area contributed by atoms with E-state index in [9.17, 15) is 19.5 Å². The fourth-order valence-corrected chi connectivity index (χ4v) is 3.84. The molecule has 0 spiro atoms. The summed E-state index contributed by atoms with van der Waals surface area (Å²) in [5.74, 6) is -1.19. The minimum absolute atomic E-state index is 0.0459. The van der Waals surface area contributed by atoms with E-state index in [1.54, 1.807) is 69.3 Å². The van der Waals surface area contributed by atoms with Crippen molar-refractivity contribution in [2.24, 2.45) is 5.73 Å². The zero-order valence-corrected chi connectivity index (χ0v) is 19.8. The molecule has 3 aromatic rings. The molecule has 0 aliphatic rings. The van der Waals surface area contributed by atoms with Gasteiger partial charge in [0, 0.05) is 18.9 Å². The third-order valence-corrected chi connectivity index (χ3v) is 5.29. The highest BCUT2D eigenvalue weighted by Gasteiger charge is 2.30. The van der Waals surface area contributed by atoms with Crippen LogP contribution in [0.2, 0.25) is 0 Å². The molecule has 1 aromatic heterocycles. The molecule has 1 heterocycles. The lowest BCUT2D eigenvalue weighted by atomic mass is 9.88. The van der Waals surface area contributed by atoms with Gasteiger partial charge in [0.15, 0.2) is 0 Å². The molecule has 8 heteroatoms. The number of nitrogens with two attached hydrogens (primary N) is 1. The third-order valence-electron chi connectivity index (χ3n) is 5.29. The highest BCUT2D eigenvalue weighted by Crippen LogP contribution is 2.37. The van der Waals surface area contributed by atoms with Crippen molar-refractivity contribution in [2.75, 3.05) is 11.4 Å². The number of hydrogen-bond donors (Lipinski definition) is 2. The van der Waals surface area contributed by atoms with Crippen LogP contribution >= 0.6 is 0 Å². The van der Waals surface area contributed by atoms with Crippen LogP contribution < -0.4 is 16.3 Å². The number of fused-ring (bicyclic) bond motifs is 1. The number of ether oxygens (including phenoxy) is 1. The largest absolute Gasteiger partial charge is 0.507 e. The van der Waals surface area contributed by atoms with Gasteiger partial charge in [-0.25, -0.2) is 14.5 Å². The Labute approximate surface area is 197 Å². The zero-order chi connectivity index (χ0) is 25.0. The molecule has 34 heavy (non-hydrogen) atoms. The molecule has 0 aliphatic heterocycles. The van der Waals surface area contributed by atoms with Gasteiger partial charge in [-0.15, -0.1) is 0 Å². The molecule has 8 nitrogen and oxygen atoms in total. The first-order valence-electron chi connectivity index (χ1n) is 11.2. The molecule has 2 aromatic carbocycles. The minimum Gasteiger partial charge on any atom is -0.507 e. The normalized spacial score (nSPS) is 12.4. The number of anilines is 1. The van der Waals surface area contributed by atoms with Crippen LogP contribution in [0.5, 0.6) is 5.75 Å². The smallest absolute Gasteiger partial charge is 0.421 e. The Bertz CT molecular complexity index is 1260. The van der Waals surface area contributed by atoms with E-state index in [0.29, 0.717) is 23.0 Å². The number of amides is 2. The lowest BCUT2D eigenvalue weighted by Gasteiger charge is -2.27. The van der Waals surface area contributed by atoms with Gasteiger partial charge in [0.2, 0.25) is 5.91 Å². The molecular formula is C26H30N2O6. The topological polar surface area (TPSA) is 123 Å². The fourth-order valence-electron chi connectivity index (χ4n) is 3.84. The van der Waals surface area contributed by atoms with E-state index in [1.165, 1.54) is 0 Å². The zero-order valence-electron chi connectivity index (χ0n) is 19.8.